The first-order valence-electron chi connectivity index (χ1n) is 11.1. The number of hydrogen-bond acceptors (Lipinski definition) is 4. The molecule has 0 unspecified atom stereocenters. The molecule has 1 N–H and O–H groups in total. The van der Waals surface area contributed by atoms with E-state index in [1.165, 1.54) is 4.90 Å². The van der Waals surface area contributed by atoms with Gasteiger partial charge in [-0.25, -0.2) is 4.90 Å². The highest BCUT2D eigenvalue weighted by Crippen LogP contribution is 2.61. The molecule has 6 nitrogen and oxygen atoms in total. The van der Waals surface area contributed by atoms with Gasteiger partial charge in [-0.2, -0.15) is 0 Å². The van der Waals surface area contributed by atoms with E-state index in [0.29, 0.717) is 22.8 Å². The van der Waals surface area contributed by atoms with Gasteiger partial charge in [-0.15, -0.1) is 0 Å². The molecule has 2 aromatic rings. The summed E-state index contributed by atoms with van der Waals surface area (Å²) in [7, 11) is 0. The summed E-state index contributed by atoms with van der Waals surface area (Å²) in [5.74, 6) is -2.00. The summed E-state index contributed by atoms with van der Waals surface area (Å²) in [6.45, 7) is 6.49. The van der Waals surface area contributed by atoms with Gasteiger partial charge in [-0.1, -0.05) is 35.4 Å². The van der Waals surface area contributed by atoms with Crippen molar-refractivity contribution in [3.8, 4) is 0 Å². The van der Waals surface area contributed by atoms with E-state index in [9.17, 15) is 14.4 Å². The number of nitrogens with one attached hydrogen (secondary N) is 1. The van der Waals surface area contributed by atoms with Gasteiger partial charge < -0.3 is 5.32 Å². The lowest BCUT2D eigenvalue weighted by molar-refractivity contribution is -0.135. The monoisotopic (exact) mass is 449 g/mol. The van der Waals surface area contributed by atoms with Crippen molar-refractivity contribution in [2.24, 2.45) is 11.8 Å². The number of fused-ring (bicyclic) bond motifs is 7. The van der Waals surface area contributed by atoms with E-state index < -0.39 is 17.4 Å². The number of carbonyl (C=O) groups is 3. The van der Waals surface area contributed by atoms with Crippen LogP contribution in [0.2, 0.25) is 5.02 Å². The molecule has 32 heavy (non-hydrogen) atoms. The second kappa shape index (κ2) is 6.42. The quantitative estimate of drug-likeness (QED) is 0.674. The molecule has 6 rings (SSSR count). The Balaban J connectivity index is 1.59. The normalized spacial score (nSPS) is 30.8. The Morgan fingerprint density at radius 1 is 1.09 bits per heavy atom. The minimum absolute atomic E-state index is 0.126. The number of anilines is 2. The number of halogens is 1. The first kappa shape index (κ1) is 19.9. The smallest absolute Gasteiger partial charge is 0.250 e. The first-order valence-corrected chi connectivity index (χ1v) is 11.5. The van der Waals surface area contributed by atoms with Gasteiger partial charge in [0.2, 0.25) is 17.7 Å². The Hall–Kier alpha value is -2.70. The molecule has 3 amide bonds. The van der Waals surface area contributed by atoms with Crippen LogP contribution >= 0.6 is 11.6 Å². The summed E-state index contributed by atoms with van der Waals surface area (Å²) in [6.07, 6.45) is 1.71. The standard InChI is InChI=1S/C25H24ClN3O3/c1-12-10-13(2)21-15(11-12)25(24(32)27-21)20-19(18-8-5-9-28(18)25)22(30)29(23(20)31)17-7-4-6-16(26)14(17)3/h4,6-7,10-11,18-20H,5,8-9H2,1-3H3,(H,27,32)/t18-,19-,20-,25+/m0/s1. The van der Waals surface area contributed by atoms with Crippen LogP contribution in [-0.2, 0) is 19.9 Å². The predicted molar refractivity (Wildman–Crippen MR) is 122 cm³/mol. The van der Waals surface area contributed by atoms with Crippen LogP contribution in [0.4, 0.5) is 11.4 Å². The zero-order chi connectivity index (χ0) is 22.5. The van der Waals surface area contributed by atoms with Crippen molar-refractivity contribution in [3.05, 3.63) is 57.6 Å². The second-order valence-electron chi connectivity index (χ2n) is 9.53. The molecule has 7 heteroatoms. The fourth-order valence-electron chi connectivity index (χ4n) is 6.74. The molecule has 0 radical (unpaired) electrons. The highest BCUT2D eigenvalue weighted by molar-refractivity contribution is 6.32. The zero-order valence-electron chi connectivity index (χ0n) is 18.2. The Labute approximate surface area is 191 Å². The maximum atomic E-state index is 14.0. The molecule has 164 valence electrons. The van der Waals surface area contributed by atoms with Crippen LogP contribution in [0.3, 0.4) is 0 Å². The Bertz CT molecular complexity index is 1240. The Morgan fingerprint density at radius 3 is 2.66 bits per heavy atom. The molecule has 4 aliphatic heterocycles. The molecule has 4 atom stereocenters. The minimum Gasteiger partial charge on any atom is -0.324 e. The van der Waals surface area contributed by atoms with Crippen LogP contribution in [0.5, 0.6) is 0 Å². The van der Waals surface area contributed by atoms with Crippen LogP contribution in [0.25, 0.3) is 0 Å². The molecular formula is C25H24ClN3O3. The van der Waals surface area contributed by atoms with Crippen LogP contribution in [-0.4, -0.2) is 35.2 Å². The van der Waals surface area contributed by atoms with Crippen LogP contribution in [0, 0.1) is 32.6 Å². The molecule has 3 saturated heterocycles. The summed E-state index contributed by atoms with van der Waals surface area (Å²) in [6, 6.07) is 9.19. The summed E-state index contributed by atoms with van der Waals surface area (Å²) < 4.78 is 0. The number of imide groups is 1. The van der Waals surface area contributed by atoms with E-state index in [0.717, 1.165) is 35.2 Å². The zero-order valence-corrected chi connectivity index (χ0v) is 19.0. The average Bonchev–Trinajstić information content (AvgIpc) is 3.44. The van der Waals surface area contributed by atoms with Crippen molar-refractivity contribution in [2.75, 3.05) is 16.8 Å². The van der Waals surface area contributed by atoms with E-state index in [4.69, 9.17) is 11.6 Å². The van der Waals surface area contributed by atoms with E-state index in [-0.39, 0.29) is 23.8 Å². The van der Waals surface area contributed by atoms with Gasteiger partial charge in [-0.3, -0.25) is 19.3 Å². The van der Waals surface area contributed by atoms with E-state index >= 15 is 0 Å². The summed E-state index contributed by atoms with van der Waals surface area (Å²) >= 11 is 6.32. The molecule has 4 heterocycles. The molecule has 1 spiro atoms. The Kier molecular flexibility index (Phi) is 4.00. The summed E-state index contributed by atoms with van der Waals surface area (Å²) in [5, 5.41) is 3.58. The minimum atomic E-state index is -1.15. The molecule has 2 aromatic carbocycles. The van der Waals surface area contributed by atoms with Gasteiger partial charge in [0.25, 0.3) is 0 Å². The second-order valence-corrected chi connectivity index (χ2v) is 9.93. The van der Waals surface area contributed by atoms with Crippen LogP contribution in [0.15, 0.2) is 30.3 Å². The van der Waals surface area contributed by atoms with Crippen molar-refractivity contribution < 1.29 is 14.4 Å². The average molecular weight is 450 g/mol. The molecular weight excluding hydrogens is 426 g/mol. The van der Waals surface area contributed by atoms with Crippen molar-refractivity contribution >= 4 is 40.7 Å². The number of benzene rings is 2. The largest absolute Gasteiger partial charge is 0.324 e. The molecule has 0 saturated carbocycles. The van der Waals surface area contributed by atoms with Gasteiger partial charge in [0.05, 0.1) is 17.5 Å². The fourth-order valence-corrected chi connectivity index (χ4v) is 6.91. The number of nitrogens with zero attached hydrogens (tertiary/aromatic N) is 2. The van der Waals surface area contributed by atoms with Gasteiger partial charge >= 0.3 is 0 Å². The summed E-state index contributed by atoms with van der Waals surface area (Å²) in [5.41, 5.74) is 3.69. The van der Waals surface area contributed by atoms with Crippen molar-refractivity contribution in [1.82, 2.24) is 4.90 Å². The van der Waals surface area contributed by atoms with Crippen LogP contribution < -0.4 is 10.2 Å². The highest BCUT2D eigenvalue weighted by atomic mass is 35.5. The number of hydrogen-bond donors (Lipinski definition) is 1. The van der Waals surface area contributed by atoms with E-state index in [1.54, 1.807) is 18.2 Å². The fraction of sp³-hybridized carbons (Fsp3) is 0.400. The molecule has 3 fully saturated rings. The van der Waals surface area contributed by atoms with E-state index in [1.807, 2.05) is 32.9 Å². The predicted octanol–water partition coefficient (Wildman–Crippen LogP) is 3.70. The van der Waals surface area contributed by atoms with Crippen LogP contribution in [0.1, 0.15) is 35.1 Å². The topological polar surface area (TPSA) is 69.7 Å². The third kappa shape index (κ3) is 2.17. The van der Waals surface area contributed by atoms with Gasteiger partial charge in [0.15, 0.2) is 0 Å². The lowest BCUT2D eigenvalue weighted by Gasteiger charge is -2.37. The molecule has 0 aromatic heterocycles. The Morgan fingerprint density at radius 2 is 1.88 bits per heavy atom. The lowest BCUT2D eigenvalue weighted by atomic mass is 9.75. The van der Waals surface area contributed by atoms with Crippen molar-refractivity contribution in [1.29, 1.82) is 0 Å². The third-order valence-corrected chi connectivity index (χ3v) is 8.33. The van der Waals surface area contributed by atoms with Gasteiger partial charge in [0.1, 0.15) is 5.54 Å². The number of amides is 3. The number of carbonyl (C=O) groups excluding carboxylic acids is 3. The molecule has 0 aliphatic carbocycles. The first-order chi connectivity index (χ1) is 15.3. The highest BCUT2D eigenvalue weighted by Gasteiger charge is 2.74. The number of aryl methyl sites for hydroxylation is 2. The molecule has 0 bridgehead atoms. The van der Waals surface area contributed by atoms with Gasteiger partial charge in [0, 0.05) is 22.3 Å². The summed E-state index contributed by atoms with van der Waals surface area (Å²) in [4.78, 5) is 45.0. The lowest BCUT2D eigenvalue weighted by Crippen LogP contribution is -2.54. The van der Waals surface area contributed by atoms with E-state index in [2.05, 4.69) is 10.2 Å². The number of rotatable bonds is 1. The molecule has 4 aliphatic rings. The van der Waals surface area contributed by atoms with Crippen molar-refractivity contribution in [3.63, 3.8) is 0 Å². The van der Waals surface area contributed by atoms with Crippen molar-refractivity contribution in [2.45, 2.75) is 45.2 Å². The third-order valence-electron chi connectivity index (χ3n) is 7.92. The SMILES string of the molecule is Cc1cc(C)c2c(c1)[C@]1(C(=O)N2)[C@@H]2C(=O)N(c3cccc(Cl)c3C)C(=O)[C@H]2[C@@H]2CCCN21. The maximum Gasteiger partial charge on any atom is 0.250 e. The van der Waals surface area contributed by atoms with Gasteiger partial charge in [-0.05, 0) is 63.4 Å². The maximum absolute atomic E-state index is 14.0.